The Morgan fingerprint density at radius 3 is 2.50 bits per heavy atom. The van der Waals surface area contributed by atoms with E-state index in [1.54, 1.807) is 0 Å². The predicted octanol–water partition coefficient (Wildman–Crippen LogP) is 2.01. The minimum absolute atomic E-state index is 0.356. The van der Waals surface area contributed by atoms with Crippen LogP contribution in [0.3, 0.4) is 0 Å². The summed E-state index contributed by atoms with van der Waals surface area (Å²) >= 11 is 0. The fraction of sp³-hybridized carbons (Fsp3) is 0.889. The van der Waals surface area contributed by atoms with Crippen LogP contribution in [0.5, 0.6) is 0 Å². The van der Waals surface area contributed by atoms with Crippen LogP contribution < -0.4 is 0 Å². The Morgan fingerprint density at radius 1 is 1.50 bits per heavy atom. The normalized spacial score (nSPS) is 42.8. The summed E-state index contributed by atoms with van der Waals surface area (Å²) in [5.41, 5.74) is 0.356. The first-order valence-electron chi connectivity index (χ1n) is 4.15. The maximum Gasteiger partial charge on any atom is 0.136 e. The molecule has 3 saturated carbocycles. The molecule has 2 bridgehead atoms. The van der Waals surface area contributed by atoms with Gasteiger partial charge in [-0.05, 0) is 24.2 Å². The average molecular weight is 138 g/mol. The molecule has 3 aliphatic rings. The van der Waals surface area contributed by atoms with Crippen molar-refractivity contribution in [1.82, 2.24) is 0 Å². The number of rotatable bonds is 0. The van der Waals surface area contributed by atoms with Crippen LogP contribution in [0.4, 0.5) is 0 Å². The van der Waals surface area contributed by atoms with Gasteiger partial charge >= 0.3 is 0 Å². The van der Waals surface area contributed by atoms with E-state index in [4.69, 9.17) is 0 Å². The highest BCUT2D eigenvalue weighted by molar-refractivity contribution is 5.84. The second-order valence-electron chi connectivity index (χ2n) is 4.31. The lowest BCUT2D eigenvalue weighted by Gasteiger charge is -2.55. The third-order valence-corrected chi connectivity index (χ3v) is 3.60. The summed E-state index contributed by atoms with van der Waals surface area (Å²) in [7, 11) is 0. The van der Waals surface area contributed by atoms with Crippen LogP contribution in [0.1, 0.15) is 33.1 Å². The van der Waals surface area contributed by atoms with Crippen LogP contribution in [-0.2, 0) is 4.79 Å². The van der Waals surface area contributed by atoms with Gasteiger partial charge in [-0.3, -0.25) is 4.79 Å². The predicted molar refractivity (Wildman–Crippen MR) is 39.6 cm³/mol. The maximum absolute atomic E-state index is 11.2. The van der Waals surface area contributed by atoms with Gasteiger partial charge in [-0.15, -0.1) is 0 Å². The first-order valence-corrected chi connectivity index (χ1v) is 4.15. The summed E-state index contributed by atoms with van der Waals surface area (Å²) in [6.07, 6.45) is 3.20. The molecule has 1 heteroatoms. The molecule has 0 radical (unpaired) electrons. The molecule has 0 aromatic rings. The molecule has 3 rings (SSSR count). The van der Waals surface area contributed by atoms with Gasteiger partial charge in [-0.2, -0.15) is 0 Å². The van der Waals surface area contributed by atoms with Crippen LogP contribution in [0.15, 0.2) is 0 Å². The number of ketones is 1. The molecule has 0 aromatic carbocycles. The molecule has 1 nitrogen and oxygen atoms in total. The lowest BCUT2D eigenvalue weighted by atomic mass is 9.48. The average Bonchev–Trinajstić information content (AvgIpc) is 1.87. The van der Waals surface area contributed by atoms with Gasteiger partial charge in [0.1, 0.15) is 5.78 Å². The monoisotopic (exact) mass is 138 g/mol. The zero-order chi connectivity index (χ0) is 7.35. The Kier molecular flexibility index (Phi) is 1.04. The van der Waals surface area contributed by atoms with Gasteiger partial charge in [0.2, 0.25) is 0 Å². The number of carbonyl (C=O) groups is 1. The van der Waals surface area contributed by atoms with Crippen molar-refractivity contribution < 1.29 is 4.79 Å². The van der Waals surface area contributed by atoms with Crippen LogP contribution in [0.2, 0.25) is 0 Å². The van der Waals surface area contributed by atoms with Gasteiger partial charge in [0.05, 0.1) is 0 Å². The Bertz CT molecular complexity index is 179. The zero-order valence-electron chi connectivity index (χ0n) is 6.68. The number of carbonyl (C=O) groups excluding carboxylic acids is 1. The van der Waals surface area contributed by atoms with E-state index in [0.717, 1.165) is 18.8 Å². The number of hydrogen-bond donors (Lipinski definition) is 0. The standard InChI is InChI=1S/C9H14O/c1-9(2)6-3-4-8(10)7(9)5-6/h6-7H,3-5H2,1-2H3/t6-,7?/m1/s1. The van der Waals surface area contributed by atoms with E-state index in [9.17, 15) is 4.79 Å². The van der Waals surface area contributed by atoms with Gasteiger partial charge in [0, 0.05) is 12.3 Å². The summed E-state index contributed by atoms with van der Waals surface area (Å²) in [6, 6.07) is 0. The van der Waals surface area contributed by atoms with Crippen molar-refractivity contribution in [3.8, 4) is 0 Å². The zero-order valence-corrected chi connectivity index (χ0v) is 6.68. The van der Waals surface area contributed by atoms with E-state index in [1.165, 1.54) is 6.42 Å². The fourth-order valence-corrected chi connectivity index (χ4v) is 2.54. The second-order valence-corrected chi connectivity index (χ2v) is 4.31. The fourth-order valence-electron chi connectivity index (χ4n) is 2.54. The minimum Gasteiger partial charge on any atom is -0.299 e. The topological polar surface area (TPSA) is 17.1 Å². The lowest BCUT2D eigenvalue weighted by molar-refractivity contribution is -0.148. The summed E-state index contributed by atoms with van der Waals surface area (Å²) < 4.78 is 0. The van der Waals surface area contributed by atoms with E-state index in [-0.39, 0.29) is 0 Å². The molecule has 0 aromatic heterocycles. The summed E-state index contributed by atoms with van der Waals surface area (Å²) in [5, 5.41) is 0. The minimum atomic E-state index is 0.356. The summed E-state index contributed by atoms with van der Waals surface area (Å²) in [5.74, 6) is 1.80. The second kappa shape index (κ2) is 1.63. The van der Waals surface area contributed by atoms with Crippen LogP contribution in [0, 0.1) is 17.3 Å². The highest BCUT2D eigenvalue weighted by atomic mass is 16.1. The van der Waals surface area contributed by atoms with Gasteiger partial charge in [0.25, 0.3) is 0 Å². The van der Waals surface area contributed by atoms with Crippen molar-refractivity contribution in [2.24, 2.45) is 17.3 Å². The van der Waals surface area contributed by atoms with Crippen molar-refractivity contribution in [2.75, 3.05) is 0 Å². The van der Waals surface area contributed by atoms with Gasteiger partial charge in [0.15, 0.2) is 0 Å². The molecule has 0 heterocycles. The Morgan fingerprint density at radius 2 is 2.20 bits per heavy atom. The van der Waals surface area contributed by atoms with Crippen molar-refractivity contribution in [1.29, 1.82) is 0 Å². The number of Topliss-reactive ketones (excluding diaryl/α,β-unsaturated/α-hetero) is 1. The summed E-state index contributed by atoms with van der Waals surface area (Å²) in [6.45, 7) is 4.48. The van der Waals surface area contributed by atoms with Crippen molar-refractivity contribution in [2.45, 2.75) is 33.1 Å². The molecule has 2 atom stereocenters. The van der Waals surface area contributed by atoms with Crippen molar-refractivity contribution in [3.05, 3.63) is 0 Å². The number of fused-ring (bicyclic) bond motifs is 2. The molecule has 10 heavy (non-hydrogen) atoms. The molecule has 0 amide bonds. The van der Waals surface area contributed by atoms with E-state index in [2.05, 4.69) is 13.8 Å². The molecule has 0 spiro atoms. The smallest absolute Gasteiger partial charge is 0.136 e. The Hall–Kier alpha value is -0.330. The van der Waals surface area contributed by atoms with E-state index < -0.39 is 0 Å². The molecule has 3 fully saturated rings. The molecular formula is C9H14O. The van der Waals surface area contributed by atoms with Crippen molar-refractivity contribution in [3.63, 3.8) is 0 Å². The molecule has 0 aliphatic heterocycles. The van der Waals surface area contributed by atoms with E-state index in [1.807, 2.05) is 0 Å². The van der Waals surface area contributed by atoms with Crippen LogP contribution >= 0.6 is 0 Å². The molecule has 0 saturated heterocycles. The Labute approximate surface area is 61.8 Å². The van der Waals surface area contributed by atoms with Crippen LogP contribution in [-0.4, -0.2) is 5.78 Å². The van der Waals surface area contributed by atoms with Gasteiger partial charge in [-0.25, -0.2) is 0 Å². The quantitative estimate of drug-likeness (QED) is 0.500. The van der Waals surface area contributed by atoms with Gasteiger partial charge in [-0.1, -0.05) is 13.8 Å². The summed E-state index contributed by atoms with van der Waals surface area (Å²) in [4.78, 5) is 11.2. The molecular weight excluding hydrogens is 124 g/mol. The Balaban J connectivity index is 2.23. The third-order valence-electron chi connectivity index (χ3n) is 3.60. The third kappa shape index (κ3) is 0.561. The molecule has 56 valence electrons. The van der Waals surface area contributed by atoms with E-state index in [0.29, 0.717) is 17.1 Å². The highest BCUT2D eigenvalue weighted by Crippen LogP contribution is 2.57. The van der Waals surface area contributed by atoms with E-state index >= 15 is 0 Å². The first-order chi connectivity index (χ1) is 4.62. The number of hydrogen-bond acceptors (Lipinski definition) is 1. The lowest BCUT2D eigenvalue weighted by Crippen LogP contribution is -2.52. The molecule has 0 N–H and O–H groups in total. The van der Waals surface area contributed by atoms with Crippen LogP contribution in [0.25, 0.3) is 0 Å². The van der Waals surface area contributed by atoms with Crippen molar-refractivity contribution >= 4 is 5.78 Å². The largest absolute Gasteiger partial charge is 0.299 e. The molecule has 1 unspecified atom stereocenters. The van der Waals surface area contributed by atoms with Gasteiger partial charge < -0.3 is 0 Å². The highest BCUT2D eigenvalue weighted by Gasteiger charge is 2.53. The SMILES string of the molecule is CC1(C)C2C[C@H]1CCC2=O. The maximum atomic E-state index is 11.2. The first kappa shape index (κ1) is 6.38. The molecule has 3 aliphatic carbocycles.